The molecule has 1 saturated heterocycles. The van der Waals surface area contributed by atoms with Gasteiger partial charge in [-0.2, -0.15) is 0 Å². The van der Waals surface area contributed by atoms with Crippen LogP contribution in [-0.2, 0) is 29.0 Å². The summed E-state index contributed by atoms with van der Waals surface area (Å²) < 4.78 is 5.39. The lowest BCUT2D eigenvalue weighted by Crippen LogP contribution is -2.35. The van der Waals surface area contributed by atoms with Crippen molar-refractivity contribution in [3.8, 4) is 0 Å². The van der Waals surface area contributed by atoms with Gasteiger partial charge in [0.1, 0.15) is 0 Å². The van der Waals surface area contributed by atoms with Crippen LogP contribution in [0.1, 0.15) is 23.1 Å². The van der Waals surface area contributed by atoms with Crippen LogP contribution in [0.3, 0.4) is 0 Å². The van der Waals surface area contributed by atoms with Crippen LogP contribution in [0.15, 0.2) is 42.5 Å². The monoisotopic (exact) mass is 406 g/mol. The molecule has 4 nitrogen and oxygen atoms in total. The van der Waals surface area contributed by atoms with E-state index < -0.39 is 0 Å². The van der Waals surface area contributed by atoms with Crippen LogP contribution < -0.4 is 5.32 Å². The van der Waals surface area contributed by atoms with Crippen molar-refractivity contribution in [2.75, 3.05) is 26.3 Å². The second kappa shape index (κ2) is 10.1. The number of hydrogen-bond donors (Lipinski definition) is 1. The summed E-state index contributed by atoms with van der Waals surface area (Å²) in [7, 11) is 0. The number of amides is 1. The van der Waals surface area contributed by atoms with E-state index in [0.29, 0.717) is 29.4 Å². The largest absolute Gasteiger partial charge is 0.379 e. The molecule has 2 aromatic carbocycles. The Kier molecular flexibility index (Phi) is 7.53. The molecule has 0 saturated carbocycles. The molecule has 2 aromatic rings. The van der Waals surface area contributed by atoms with Crippen molar-refractivity contribution in [1.82, 2.24) is 10.2 Å². The van der Waals surface area contributed by atoms with E-state index >= 15 is 0 Å². The number of benzene rings is 2. The van der Waals surface area contributed by atoms with Crippen molar-refractivity contribution in [3.63, 3.8) is 0 Å². The first kappa shape index (κ1) is 20.2. The van der Waals surface area contributed by atoms with Crippen LogP contribution in [-0.4, -0.2) is 37.1 Å². The highest BCUT2D eigenvalue weighted by Gasteiger charge is 2.11. The van der Waals surface area contributed by atoms with Gasteiger partial charge in [0.25, 0.3) is 0 Å². The maximum absolute atomic E-state index is 12.2. The zero-order chi connectivity index (χ0) is 19.1. The van der Waals surface area contributed by atoms with Gasteiger partial charge in [0.2, 0.25) is 5.91 Å². The van der Waals surface area contributed by atoms with E-state index in [2.05, 4.69) is 22.3 Å². The van der Waals surface area contributed by atoms with E-state index in [9.17, 15) is 4.79 Å². The number of hydrogen-bond acceptors (Lipinski definition) is 3. The third-order valence-corrected chi connectivity index (χ3v) is 5.36. The molecule has 1 amide bonds. The van der Waals surface area contributed by atoms with Crippen molar-refractivity contribution in [1.29, 1.82) is 0 Å². The fraction of sp³-hybridized carbons (Fsp3) is 0.381. The molecule has 6 heteroatoms. The molecular formula is C21H24Cl2N2O2. The van der Waals surface area contributed by atoms with Gasteiger partial charge in [0, 0.05) is 42.6 Å². The van der Waals surface area contributed by atoms with Crippen LogP contribution in [0.4, 0.5) is 0 Å². The normalized spacial score (nSPS) is 14.9. The first-order valence-corrected chi connectivity index (χ1v) is 9.95. The molecular weight excluding hydrogens is 383 g/mol. The summed E-state index contributed by atoms with van der Waals surface area (Å²) in [6, 6.07) is 13.7. The average molecular weight is 407 g/mol. The molecule has 0 radical (unpaired) electrons. The fourth-order valence-corrected chi connectivity index (χ4v) is 3.74. The van der Waals surface area contributed by atoms with Gasteiger partial charge >= 0.3 is 0 Å². The van der Waals surface area contributed by atoms with E-state index in [-0.39, 0.29) is 5.91 Å². The van der Waals surface area contributed by atoms with Crippen molar-refractivity contribution in [3.05, 3.63) is 69.2 Å². The van der Waals surface area contributed by atoms with Gasteiger partial charge in [-0.1, -0.05) is 53.5 Å². The number of rotatable bonds is 7. The second-order valence-electron chi connectivity index (χ2n) is 6.69. The predicted octanol–water partition coefficient (Wildman–Crippen LogP) is 4.07. The molecule has 0 aromatic heterocycles. The molecule has 1 heterocycles. The van der Waals surface area contributed by atoms with Crippen molar-refractivity contribution >= 4 is 29.1 Å². The summed E-state index contributed by atoms with van der Waals surface area (Å²) in [6.07, 6.45) is 0.887. The smallest absolute Gasteiger partial charge is 0.220 e. The molecule has 27 heavy (non-hydrogen) atoms. The maximum Gasteiger partial charge on any atom is 0.220 e. The number of morpholine rings is 1. The zero-order valence-electron chi connectivity index (χ0n) is 15.2. The number of halogens is 2. The summed E-state index contributed by atoms with van der Waals surface area (Å²) in [5.41, 5.74) is 3.18. The summed E-state index contributed by atoms with van der Waals surface area (Å²) in [6.45, 7) is 4.95. The summed E-state index contributed by atoms with van der Waals surface area (Å²) in [5.74, 6) is -0.00966. The van der Waals surface area contributed by atoms with Crippen molar-refractivity contribution < 1.29 is 9.53 Å². The van der Waals surface area contributed by atoms with Gasteiger partial charge in [0.05, 0.1) is 13.2 Å². The van der Waals surface area contributed by atoms with Crippen molar-refractivity contribution in [2.24, 2.45) is 0 Å². The lowest BCUT2D eigenvalue weighted by molar-refractivity contribution is -0.121. The van der Waals surface area contributed by atoms with Gasteiger partial charge in [-0.3, -0.25) is 9.69 Å². The number of ether oxygens (including phenoxy) is 1. The Morgan fingerprint density at radius 3 is 2.44 bits per heavy atom. The molecule has 0 spiro atoms. The van der Waals surface area contributed by atoms with Crippen LogP contribution in [0.2, 0.25) is 10.0 Å². The quantitative estimate of drug-likeness (QED) is 0.752. The number of nitrogens with zero attached hydrogens (tertiary/aromatic N) is 1. The molecule has 1 N–H and O–H groups in total. The summed E-state index contributed by atoms with van der Waals surface area (Å²) in [5, 5.41) is 4.19. The van der Waals surface area contributed by atoms with E-state index in [1.54, 1.807) is 18.2 Å². The highest BCUT2D eigenvalue weighted by molar-refractivity contribution is 6.36. The number of nitrogens with one attached hydrogen (secondary N) is 1. The summed E-state index contributed by atoms with van der Waals surface area (Å²) >= 11 is 12.3. The van der Waals surface area contributed by atoms with Crippen LogP contribution in [0, 0.1) is 0 Å². The minimum absolute atomic E-state index is 0.00966. The molecule has 0 unspecified atom stereocenters. The van der Waals surface area contributed by atoms with Gasteiger partial charge in [-0.25, -0.2) is 0 Å². The molecule has 144 valence electrons. The predicted molar refractivity (Wildman–Crippen MR) is 109 cm³/mol. The van der Waals surface area contributed by atoms with Crippen molar-refractivity contribution in [2.45, 2.75) is 25.9 Å². The Morgan fingerprint density at radius 2 is 1.70 bits per heavy atom. The van der Waals surface area contributed by atoms with E-state index in [4.69, 9.17) is 27.9 Å². The first-order chi connectivity index (χ1) is 13.1. The van der Waals surface area contributed by atoms with Crippen LogP contribution in [0.25, 0.3) is 0 Å². The molecule has 1 aliphatic heterocycles. The Balaban J connectivity index is 1.47. The molecule has 0 bridgehead atoms. The highest BCUT2D eigenvalue weighted by atomic mass is 35.5. The van der Waals surface area contributed by atoms with E-state index in [0.717, 1.165) is 44.0 Å². The van der Waals surface area contributed by atoms with Gasteiger partial charge < -0.3 is 10.1 Å². The fourth-order valence-electron chi connectivity index (χ4n) is 3.15. The maximum atomic E-state index is 12.2. The molecule has 0 aliphatic carbocycles. The molecule has 1 fully saturated rings. The molecule has 3 rings (SSSR count). The third kappa shape index (κ3) is 6.22. The lowest BCUT2D eigenvalue weighted by atomic mass is 10.1. The van der Waals surface area contributed by atoms with Crippen LogP contribution in [0.5, 0.6) is 0 Å². The second-order valence-corrected chi connectivity index (χ2v) is 7.50. The zero-order valence-corrected chi connectivity index (χ0v) is 16.7. The minimum atomic E-state index is -0.00966. The highest BCUT2D eigenvalue weighted by Crippen LogP contribution is 2.25. The number of carbonyl (C=O) groups is 1. The Hall–Kier alpha value is -1.59. The minimum Gasteiger partial charge on any atom is -0.379 e. The first-order valence-electron chi connectivity index (χ1n) is 9.19. The molecule has 1 aliphatic rings. The van der Waals surface area contributed by atoms with Gasteiger partial charge in [-0.05, 0) is 35.2 Å². The number of carbonyl (C=O) groups excluding carboxylic acids is 1. The SMILES string of the molecule is O=C(CCc1c(Cl)cccc1Cl)NCc1cccc(CN2CCOCC2)c1. The van der Waals surface area contributed by atoms with Crippen LogP contribution >= 0.6 is 23.2 Å². The Bertz CT molecular complexity index is 756. The standard InChI is InChI=1S/C21H24Cl2N2O2/c22-19-5-2-6-20(23)18(19)7-8-21(26)24-14-16-3-1-4-17(13-16)15-25-9-11-27-12-10-25/h1-6,13H,7-12,14-15H2,(H,24,26). The topological polar surface area (TPSA) is 41.6 Å². The Morgan fingerprint density at radius 1 is 1.04 bits per heavy atom. The molecule has 0 atom stereocenters. The Labute approximate surface area is 170 Å². The lowest BCUT2D eigenvalue weighted by Gasteiger charge is -2.26. The van der Waals surface area contributed by atoms with Gasteiger partial charge in [-0.15, -0.1) is 0 Å². The summed E-state index contributed by atoms with van der Waals surface area (Å²) in [4.78, 5) is 14.6. The third-order valence-electron chi connectivity index (χ3n) is 4.65. The average Bonchev–Trinajstić information content (AvgIpc) is 2.67. The van der Waals surface area contributed by atoms with Gasteiger partial charge in [0.15, 0.2) is 0 Å². The van der Waals surface area contributed by atoms with E-state index in [1.807, 2.05) is 12.1 Å². The van der Waals surface area contributed by atoms with E-state index in [1.165, 1.54) is 5.56 Å².